The fourth-order valence-corrected chi connectivity index (χ4v) is 2.50. The molecule has 24 heavy (non-hydrogen) atoms. The molecule has 0 radical (unpaired) electrons. The molecule has 0 bridgehead atoms. The lowest BCUT2D eigenvalue weighted by Crippen LogP contribution is -2.56. The normalized spacial score (nSPS) is 20.5. The van der Waals surface area contributed by atoms with Gasteiger partial charge in [-0.15, -0.1) is 0 Å². The predicted octanol–water partition coefficient (Wildman–Crippen LogP) is 3.62. The van der Waals surface area contributed by atoms with Crippen molar-refractivity contribution in [1.82, 2.24) is 5.01 Å². The van der Waals surface area contributed by atoms with E-state index in [0.29, 0.717) is 10.8 Å². The number of benzene rings is 1. The molecule has 1 aromatic carbocycles. The van der Waals surface area contributed by atoms with Gasteiger partial charge < -0.3 is 9.84 Å². The smallest absolute Gasteiger partial charge is 0.438 e. The molecular weight excluding hydrogens is 372 g/mol. The summed E-state index contributed by atoms with van der Waals surface area (Å²) in [7, 11) is 0. The number of carbonyl (C=O) groups excluding carboxylic acids is 1. The Balaban J connectivity index is 1.86. The summed E-state index contributed by atoms with van der Waals surface area (Å²) in [5.41, 5.74) is -3.29. The van der Waals surface area contributed by atoms with Crippen LogP contribution >= 0.6 is 23.2 Å². The first-order chi connectivity index (χ1) is 11.1. The molecule has 0 aliphatic carbocycles. The lowest BCUT2D eigenvalue weighted by molar-refractivity contribution is -0.302. The Morgan fingerprint density at radius 3 is 2.75 bits per heavy atom. The first-order valence-corrected chi connectivity index (χ1v) is 7.63. The van der Waals surface area contributed by atoms with E-state index in [4.69, 9.17) is 27.9 Å². The van der Waals surface area contributed by atoms with E-state index in [1.54, 1.807) is 12.1 Å². The number of alkyl halides is 3. The second-order valence-electron chi connectivity index (χ2n) is 5.05. The van der Waals surface area contributed by atoms with E-state index in [9.17, 15) is 23.1 Å². The molecule has 0 saturated carbocycles. The molecule has 1 aliphatic rings. The Morgan fingerprint density at radius 2 is 2.12 bits per heavy atom. The van der Waals surface area contributed by atoms with E-state index in [-0.39, 0.29) is 29.5 Å². The second kappa shape index (κ2) is 7.16. The van der Waals surface area contributed by atoms with Crippen molar-refractivity contribution in [3.63, 3.8) is 0 Å². The quantitative estimate of drug-likeness (QED) is 0.788. The van der Waals surface area contributed by atoms with Gasteiger partial charge >= 0.3 is 6.18 Å². The highest BCUT2D eigenvalue weighted by Crippen LogP contribution is 2.38. The fraction of sp³-hybridized carbons (Fsp3) is 0.429. The van der Waals surface area contributed by atoms with Crippen LogP contribution in [0.15, 0.2) is 23.3 Å². The van der Waals surface area contributed by atoms with Crippen molar-refractivity contribution in [2.45, 2.75) is 31.2 Å². The third-order valence-electron chi connectivity index (χ3n) is 3.30. The maximum atomic E-state index is 12.9. The molecule has 0 saturated heterocycles. The predicted molar refractivity (Wildman–Crippen MR) is 82.2 cm³/mol. The minimum absolute atomic E-state index is 0.0507. The third kappa shape index (κ3) is 3.93. The van der Waals surface area contributed by atoms with Crippen molar-refractivity contribution in [2.75, 3.05) is 6.61 Å². The summed E-state index contributed by atoms with van der Waals surface area (Å²) in [6.07, 6.45) is -5.08. The molecule has 1 atom stereocenters. The Hall–Kier alpha value is -1.51. The van der Waals surface area contributed by atoms with Crippen LogP contribution < -0.4 is 4.74 Å². The van der Waals surface area contributed by atoms with Crippen LogP contribution in [0.3, 0.4) is 0 Å². The third-order valence-corrected chi connectivity index (χ3v) is 3.83. The van der Waals surface area contributed by atoms with Crippen molar-refractivity contribution in [1.29, 1.82) is 0 Å². The van der Waals surface area contributed by atoms with Crippen LogP contribution in [0.5, 0.6) is 5.75 Å². The lowest BCUT2D eigenvalue weighted by atomic mass is 10.1. The number of hydrogen-bond donors (Lipinski definition) is 1. The number of hydrogen-bond acceptors (Lipinski definition) is 4. The average molecular weight is 385 g/mol. The molecule has 1 N–H and O–H groups in total. The van der Waals surface area contributed by atoms with Gasteiger partial charge in [0, 0.05) is 24.1 Å². The molecule has 5 nitrogen and oxygen atoms in total. The molecule has 132 valence electrons. The largest absolute Gasteiger partial charge is 0.492 e. The van der Waals surface area contributed by atoms with Gasteiger partial charge in [-0.05, 0) is 24.6 Å². The Kier molecular flexibility index (Phi) is 5.62. The zero-order valence-corrected chi connectivity index (χ0v) is 13.7. The summed E-state index contributed by atoms with van der Waals surface area (Å²) < 4.78 is 43.9. The summed E-state index contributed by atoms with van der Waals surface area (Å²) in [4.78, 5) is 11.9. The molecule has 0 unspecified atom stereocenters. The van der Waals surface area contributed by atoms with E-state index < -0.39 is 24.2 Å². The zero-order valence-electron chi connectivity index (χ0n) is 12.2. The van der Waals surface area contributed by atoms with Crippen LogP contribution in [0.4, 0.5) is 13.2 Å². The van der Waals surface area contributed by atoms with Gasteiger partial charge in [0.1, 0.15) is 5.75 Å². The van der Waals surface area contributed by atoms with Crippen LogP contribution in [0.1, 0.15) is 19.3 Å². The molecule has 1 aromatic rings. The standard InChI is InChI=1S/C14H13Cl2F3N2O3/c15-9-3-4-11(10(16)8-9)24-7-1-2-12(22)21-13(23,5-6-20-21)14(17,18)19/h3-4,6,8,23H,1-2,5,7H2/t13-/m1/s1. The number of nitrogens with zero attached hydrogens (tertiary/aromatic N) is 2. The first kappa shape index (κ1) is 18.8. The van der Waals surface area contributed by atoms with E-state index in [1.165, 1.54) is 6.07 Å². The minimum Gasteiger partial charge on any atom is -0.492 e. The SMILES string of the molecule is O=C(CCCOc1ccc(Cl)cc1Cl)N1N=CC[C@@]1(O)C(F)(F)F. The molecular formula is C14H13Cl2F3N2O3. The summed E-state index contributed by atoms with van der Waals surface area (Å²) >= 11 is 11.6. The maximum absolute atomic E-state index is 12.9. The number of carbonyl (C=O) groups is 1. The molecule has 1 amide bonds. The molecule has 0 aromatic heterocycles. The van der Waals surface area contributed by atoms with Crippen LogP contribution in [0.2, 0.25) is 10.0 Å². The van der Waals surface area contributed by atoms with Gasteiger partial charge in [-0.1, -0.05) is 23.2 Å². The van der Waals surface area contributed by atoms with Crippen molar-refractivity contribution in [2.24, 2.45) is 5.10 Å². The first-order valence-electron chi connectivity index (χ1n) is 6.87. The topological polar surface area (TPSA) is 62.1 Å². The molecule has 10 heteroatoms. The number of amides is 1. The fourth-order valence-electron chi connectivity index (χ4n) is 2.04. The highest BCUT2D eigenvalue weighted by Gasteiger charge is 2.61. The monoisotopic (exact) mass is 384 g/mol. The zero-order chi connectivity index (χ0) is 18.0. The van der Waals surface area contributed by atoms with E-state index >= 15 is 0 Å². The van der Waals surface area contributed by atoms with Crippen molar-refractivity contribution in [3.05, 3.63) is 28.2 Å². The van der Waals surface area contributed by atoms with Gasteiger partial charge in [-0.3, -0.25) is 4.79 Å². The van der Waals surface area contributed by atoms with Crippen LogP contribution in [-0.2, 0) is 4.79 Å². The molecule has 2 rings (SSSR count). The number of rotatable bonds is 5. The molecule has 0 fully saturated rings. The van der Waals surface area contributed by atoms with E-state index in [0.717, 1.165) is 6.21 Å². The summed E-state index contributed by atoms with van der Waals surface area (Å²) in [5.74, 6) is -0.603. The Labute approximate surface area is 145 Å². The van der Waals surface area contributed by atoms with Crippen LogP contribution in [0, 0.1) is 0 Å². The molecule has 1 aliphatic heterocycles. The van der Waals surface area contributed by atoms with Crippen molar-refractivity contribution < 1.29 is 27.8 Å². The number of aliphatic hydroxyl groups is 1. The molecule has 1 heterocycles. The average Bonchev–Trinajstić information content (AvgIpc) is 2.88. The second-order valence-corrected chi connectivity index (χ2v) is 5.89. The van der Waals surface area contributed by atoms with Crippen molar-refractivity contribution >= 4 is 35.3 Å². The van der Waals surface area contributed by atoms with Crippen molar-refractivity contribution in [3.8, 4) is 5.75 Å². The summed E-state index contributed by atoms with van der Waals surface area (Å²) in [6.45, 7) is 0.0507. The number of hydrazone groups is 1. The highest BCUT2D eigenvalue weighted by molar-refractivity contribution is 6.35. The number of halogens is 5. The maximum Gasteiger partial charge on any atom is 0.438 e. The van der Waals surface area contributed by atoms with E-state index in [1.807, 2.05) is 0 Å². The Morgan fingerprint density at radius 1 is 1.42 bits per heavy atom. The van der Waals surface area contributed by atoms with Gasteiger partial charge in [0.15, 0.2) is 0 Å². The summed E-state index contributed by atoms with van der Waals surface area (Å²) in [5, 5.41) is 13.8. The lowest BCUT2D eigenvalue weighted by Gasteiger charge is -2.32. The van der Waals surface area contributed by atoms with Gasteiger partial charge in [0.05, 0.1) is 11.6 Å². The highest BCUT2D eigenvalue weighted by atomic mass is 35.5. The van der Waals surface area contributed by atoms with Gasteiger partial charge in [-0.25, -0.2) is 0 Å². The summed E-state index contributed by atoms with van der Waals surface area (Å²) in [6, 6.07) is 4.59. The van der Waals surface area contributed by atoms with Gasteiger partial charge in [-0.2, -0.15) is 23.3 Å². The van der Waals surface area contributed by atoms with Crippen LogP contribution in [0.25, 0.3) is 0 Å². The van der Waals surface area contributed by atoms with Gasteiger partial charge in [0.25, 0.3) is 5.72 Å². The van der Waals surface area contributed by atoms with Crippen LogP contribution in [-0.4, -0.2) is 40.7 Å². The minimum atomic E-state index is -4.99. The van der Waals surface area contributed by atoms with E-state index in [2.05, 4.69) is 5.10 Å². The Bertz CT molecular complexity index is 655. The number of ether oxygens (including phenoxy) is 1. The van der Waals surface area contributed by atoms with Gasteiger partial charge in [0.2, 0.25) is 5.91 Å². The molecule has 0 spiro atoms.